The van der Waals surface area contributed by atoms with Crippen LogP contribution in [-0.2, 0) is 4.84 Å². The van der Waals surface area contributed by atoms with Crippen LogP contribution in [0.5, 0.6) is 5.75 Å². The molecule has 1 spiro atoms. The van der Waals surface area contributed by atoms with E-state index in [-0.39, 0.29) is 18.1 Å². The third-order valence-corrected chi connectivity index (χ3v) is 7.15. The highest BCUT2D eigenvalue weighted by Crippen LogP contribution is 2.55. The lowest BCUT2D eigenvalue weighted by atomic mass is 9.87. The third kappa shape index (κ3) is 4.07. The van der Waals surface area contributed by atoms with Crippen LogP contribution < -0.4 is 4.74 Å². The molecule has 35 heavy (non-hydrogen) atoms. The summed E-state index contributed by atoms with van der Waals surface area (Å²) in [5.74, 6) is 0.300. The second kappa shape index (κ2) is 8.22. The number of hydrogen-bond acceptors (Lipinski definition) is 5. The highest BCUT2D eigenvalue weighted by molar-refractivity contribution is 6.03. The number of ether oxygens (including phenoxy) is 1. The Morgan fingerprint density at radius 3 is 2.63 bits per heavy atom. The van der Waals surface area contributed by atoms with Gasteiger partial charge >= 0.3 is 0 Å². The van der Waals surface area contributed by atoms with E-state index in [9.17, 15) is 8.78 Å². The monoisotopic (exact) mass is 476 g/mol. The topological polar surface area (TPSA) is 51.9 Å². The third-order valence-electron chi connectivity index (χ3n) is 7.15. The Kier molecular flexibility index (Phi) is 5.12. The number of aryl methyl sites for hydroxylation is 1. The van der Waals surface area contributed by atoms with Gasteiger partial charge in [0.2, 0.25) is 0 Å². The largest absolute Gasteiger partial charge is 0.495 e. The molecule has 0 bridgehead atoms. The van der Waals surface area contributed by atoms with Gasteiger partial charge in [-0.25, -0.2) is 13.8 Å². The van der Waals surface area contributed by atoms with Gasteiger partial charge in [0.1, 0.15) is 24.0 Å². The Labute approximate surface area is 202 Å². The van der Waals surface area contributed by atoms with Gasteiger partial charge in [0, 0.05) is 18.8 Å². The number of methoxy groups -OCH3 is 1. The number of rotatable bonds is 4. The van der Waals surface area contributed by atoms with E-state index in [4.69, 9.17) is 9.57 Å². The zero-order valence-corrected chi connectivity index (χ0v) is 19.7. The lowest BCUT2D eigenvalue weighted by Crippen LogP contribution is -2.48. The molecule has 2 aromatic carbocycles. The van der Waals surface area contributed by atoms with Gasteiger partial charge in [0.05, 0.1) is 30.9 Å². The predicted molar refractivity (Wildman–Crippen MR) is 128 cm³/mol. The molecule has 1 saturated carbocycles. The lowest BCUT2D eigenvalue weighted by molar-refractivity contribution is 0.0480. The summed E-state index contributed by atoms with van der Waals surface area (Å²) in [6, 6.07) is 9.43. The van der Waals surface area contributed by atoms with E-state index in [2.05, 4.69) is 21.1 Å². The molecule has 2 fully saturated rings. The van der Waals surface area contributed by atoms with E-state index in [1.807, 2.05) is 35.9 Å². The first-order valence-electron chi connectivity index (χ1n) is 11.8. The van der Waals surface area contributed by atoms with Crippen molar-refractivity contribution in [1.82, 2.24) is 14.5 Å². The summed E-state index contributed by atoms with van der Waals surface area (Å²) in [7, 11) is 1.66. The van der Waals surface area contributed by atoms with Gasteiger partial charge in [-0.15, -0.1) is 0 Å². The van der Waals surface area contributed by atoms with Crippen LogP contribution in [0.1, 0.15) is 42.1 Å². The summed E-state index contributed by atoms with van der Waals surface area (Å²) in [5.41, 5.74) is 4.61. The number of oxime groups is 1. The Hall–Kier alpha value is -3.68. The molecule has 8 heteroatoms. The zero-order valence-electron chi connectivity index (χ0n) is 19.7. The van der Waals surface area contributed by atoms with E-state index >= 15 is 0 Å². The summed E-state index contributed by atoms with van der Waals surface area (Å²) >= 11 is 0. The van der Waals surface area contributed by atoms with Crippen molar-refractivity contribution in [2.24, 2.45) is 10.6 Å². The molecule has 1 aliphatic carbocycles. The maximum absolute atomic E-state index is 14.0. The normalized spacial score (nSPS) is 21.5. The molecule has 3 aliphatic rings. The lowest BCUT2D eigenvalue weighted by Gasteiger charge is -2.43. The maximum atomic E-state index is 14.0. The summed E-state index contributed by atoms with van der Waals surface area (Å²) in [5, 5.41) is 4.40. The quantitative estimate of drug-likeness (QED) is 0.505. The number of piperidine rings is 1. The van der Waals surface area contributed by atoms with Gasteiger partial charge in [0.25, 0.3) is 0 Å². The van der Waals surface area contributed by atoms with Gasteiger partial charge in [-0.05, 0) is 78.6 Å². The van der Waals surface area contributed by atoms with Gasteiger partial charge in [0.15, 0.2) is 5.84 Å². The minimum Gasteiger partial charge on any atom is -0.495 e. The molecule has 6 rings (SSSR count). The first-order chi connectivity index (χ1) is 16.9. The van der Waals surface area contributed by atoms with Gasteiger partial charge in [-0.3, -0.25) is 0 Å². The minimum absolute atomic E-state index is 0.171. The van der Waals surface area contributed by atoms with Crippen molar-refractivity contribution in [2.75, 3.05) is 20.3 Å². The van der Waals surface area contributed by atoms with Crippen molar-refractivity contribution in [1.29, 1.82) is 0 Å². The Balaban J connectivity index is 1.37. The Morgan fingerprint density at radius 1 is 1.14 bits per heavy atom. The summed E-state index contributed by atoms with van der Waals surface area (Å²) < 4.78 is 35.6. The van der Waals surface area contributed by atoms with E-state index in [0.29, 0.717) is 5.56 Å². The summed E-state index contributed by atoms with van der Waals surface area (Å²) in [4.78, 5) is 12.1. The van der Waals surface area contributed by atoms with Crippen molar-refractivity contribution >= 4 is 11.9 Å². The van der Waals surface area contributed by atoms with Crippen LogP contribution in [0, 0.1) is 24.0 Å². The molecular weight excluding hydrogens is 450 g/mol. The van der Waals surface area contributed by atoms with Crippen LogP contribution in [-0.4, -0.2) is 40.5 Å². The number of benzene rings is 2. The van der Waals surface area contributed by atoms with Crippen LogP contribution in [0.4, 0.5) is 8.78 Å². The molecule has 0 amide bonds. The standard InChI is InChI=1S/C27H26F2N4O2/c1-17-13-32(16-30-17)23-4-3-18(8-25(23)34-2)7-20-12-27(5-6-27)15-33-24(14-35-31-26(20)33)19-9-21(28)11-22(29)10-19/h3-4,7-11,13,16,24H,5-6,12,14-15H2,1-2H3/b20-7+. The summed E-state index contributed by atoms with van der Waals surface area (Å²) in [6.45, 7) is 3.00. The molecule has 1 atom stereocenters. The fraction of sp³-hybridized carbons (Fsp3) is 0.333. The second-order valence-electron chi connectivity index (χ2n) is 9.76. The maximum Gasteiger partial charge on any atom is 0.172 e. The van der Waals surface area contributed by atoms with Crippen molar-refractivity contribution in [3.05, 3.63) is 83.0 Å². The fourth-order valence-electron chi connectivity index (χ4n) is 5.21. The molecule has 3 aromatic rings. The number of amidine groups is 1. The van der Waals surface area contributed by atoms with Gasteiger partial charge in [-0.1, -0.05) is 11.2 Å². The number of nitrogens with zero attached hydrogens (tertiary/aromatic N) is 4. The second-order valence-corrected chi connectivity index (χ2v) is 9.76. The number of aromatic nitrogens is 2. The summed E-state index contributed by atoms with van der Waals surface area (Å²) in [6.07, 6.45) is 8.98. The number of halogens is 2. The van der Waals surface area contributed by atoms with E-state index in [1.165, 1.54) is 12.1 Å². The highest BCUT2D eigenvalue weighted by Gasteiger charge is 2.51. The molecule has 0 N–H and O–H groups in total. The molecule has 1 aromatic heterocycles. The smallest absolute Gasteiger partial charge is 0.172 e. The van der Waals surface area contributed by atoms with Crippen LogP contribution in [0.3, 0.4) is 0 Å². The van der Waals surface area contributed by atoms with Crippen molar-refractivity contribution < 1.29 is 18.4 Å². The molecule has 3 heterocycles. The highest BCUT2D eigenvalue weighted by atomic mass is 19.1. The molecular formula is C27H26F2N4O2. The van der Waals surface area contributed by atoms with Gasteiger partial charge < -0.3 is 19.0 Å². The fourth-order valence-corrected chi connectivity index (χ4v) is 5.21. The number of imidazole rings is 1. The van der Waals surface area contributed by atoms with E-state index < -0.39 is 11.6 Å². The molecule has 6 nitrogen and oxygen atoms in total. The van der Waals surface area contributed by atoms with Crippen LogP contribution in [0.2, 0.25) is 0 Å². The van der Waals surface area contributed by atoms with E-state index in [0.717, 1.165) is 66.0 Å². The van der Waals surface area contributed by atoms with Crippen LogP contribution >= 0.6 is 0 Å². The van der Waals surface area contributed by atoms with Gasteiger partial charge in [-0.2, -0.15) is 0 Å². The average Bonchev–Trinajstić information content (AvgIpc) is 3.43. The average molecular weight is 477 g/mol. The Morgan fingerprint density at radius 2 is 1.94 bits per heavy atom. The van der Waals surface area contributed by atoms with Crippen LogP contribution in [0.15, 0.2) is 59.7 Å². The number of fused-ring (bicyclic) bond motifs is 1. The van der Waals surface area contributed by atoms with Crippen LogP contribution in [0.25, 0.3) is 11.8 Å². The molecule has 1 saturated heterocycles. The minimum atomic E-state index is -0.585. The first-order valence-corrected chi connectivity index (χ1v) is 11.8. The molecule has 0 radical (unpaired) electrons. The van der Waals surface area contributed by atoms with E-state index in [1.54, 1.807) is 13.4 Å². The van der Waals surface area contributed by atoms with Crippen molar-refractivity contribution in [3.63, 3.8) is 0 Å². The molecule has 1 unspecified atom stereocenters. The van der Waals surface area contributed by atoms with Crippen molar-refractivity contribution in [2.45, 2.75) is 32.2 Å². The zero-order chi connectivity index (χ0) is 24.2. The Bertz CT molecular complexity index is 1340. The first kappa shape index (κ1) is 21.8. The number of hydrogen-bond donors (Lipinski definition) is 0. The molecule has 180 valence electrons. The van der Waals surface area contributed by atoms with Crippen molar-refractivity contribution in [3.8, 4) is 11.4 Å². The predicted octanol–water partition coefficient (Wildman–Crippen LogP) is 5.42. The molecule has 2 aliphatic heterocycles. The SMILES string of the molecule is COc1cc(/C=C2\CC3(CC3)CN3C2=NOCC3c2cc(F)cc(F)c2)ccc1-n1cnc(C)c1.